The summed E-state index contributed by atoms with van der Waals surface area (Å²) >= 11 is 0. The lowest BCUT2D eigenvalue weighted by molar-refractivity contribution is -0.140. The maximum atomic E-state index is 14.7. The molecule has 2 aromatic heterocycles. The molecule has 15 heteroatoms. The van der Waals surface area contributed by atoms with E-state index in [1.165, 1.54) is 24.2 Å². The Morgan fingerprint density at radius 1 is 1.11 bits per heavy atom. The molecule has 5 rings (SSSR count). The molecule has 0 bridgehead atoms. The number of aryl methyl sites for hydroxylation is 1. The Kier molecular flexibility index (Phi) is 5.86. The van der Waals surface area contributed by atoms with E-state index in [4.69, 9.17) is 0 Å². The fourth-order valence-electron chi connectivity index (χ4n) is 5.47. The molecule has 0 atom stereocenters. The topological polar surface area (TPSA) is 104 Å². The van der Waals surface area contributed by atoms with Gasteiger partial charge in [-0.05, 0) is 18.9 Å². The second kappa shape index (κ2) is 8.48. The van der Waals surface area contributed by atoms with Crippen molar-refractivity contribution in [2.24, 2.45) is 7.05 Å². The summed E-state index contributed by atoms with van der Waals surface area (Å²) in [6.07, 6.45) is 0.466. The van der Waals surface area contributed by atoms with Crippen LogP contribution >= 0.6 is 0 Å². The lowest BCUT2D eigenvalue weighted by atomic mass is 9.94. The van der Waals surface area contributed by atoms with Crippen molar-refractivity contribution in [3.63, 3.8) is 0 Å². The minimum atomic E-state index is -5.18. The Morgan fingerprint density at radius 2 is 1.78 bits per heavy atom. The van der Waals surface area contributed by atoms with Crippen LogP contribution in [-0.2, 0) is 23.2 Å². The van der Waals surface area contributed by atoms with E-state index in [-0.39, 0.29) is 35.3 Å². The zero-order valence-electron chi connectivity index (χ0n) is 19.8. The minimum absolute atomic E-state index is 0.0923. The molecule has 1 spiro atoms. The number of nitrogens with zero attached hydrogens (tertiary/aromatic N) is 6. The predicted molar refractivity (Wildman–Crippen MR) is 123 cm³/mol. The lowest BCUT2D eigenvalue weighted by Gasteiger charge is -2.47. The largest absolute Gasteiger partial charge is 0.503 e. The number of phenols is 1. The number of halogens is 5. The Balaban J connectivity index is 1.56. The number of sulfonamides is 1. The molecular formula is C22H23F5N6O3S. The number of aromatic nitrogens is 4. The summed E-state index contributed by atoms with van der Waals surface area (Å²) in [7, 11) is -1.97. The first kappa shape index (κ1) is 25.6. The molecule has 3 heterocycles. The first-order valence-electron chi connectivity index (χ1n) is 11.4. The van der Waals surface area contributed by atoms with Crippen molar-refractivity contribution in [3.05, 3.63) is 29.5 Å². The van der Waals surface area contributed by atoms with Gasteiger partial charge in [0.15, 0.2) is 23.0 Å². The summed E-state index contributed by atoms with van der Waals surface area (Å²) in [6.45, 7) is 0.934. The number of phenolic OH excluding ortho intramolecular Hbond substituents is 1. The van der Waals surface area contributed by atoms with Gasteiger partial charge in [0.1, 0.15) is 5.69 Å². The van der Waals surface area contributed by atoms with Gasteiger partial charge in [-0.15, -0.1) is 0 Å². The van der Waals surface area contributed by atoms with Gasteiger partial charge in [-0.2, -0.15) is 27.6 Å². The van der Waals surface area contributed by atoms with Crippen LogP contribution in [-0.4, -0.2) is 69.0 Å². The van der Waals surface area contributed by atoms with Crippen LogP contribution in [0.3, 0.4) is 0 Å². The van der Waals surface area contributed by atoms with Crippen LogP contribution in [0.1, 0.15) is 31.2 Å². The zero-order valence-corrected chi connectivity index (χ0v) is 20.7. The normalized spacial score (nSPS) is 18.8. The van der Waals surface area contributed by atoms with Gasteiger partial charge >= 0.3 is 6.18 Å². The highest BCUT2D eigenvalue weighted by Crippen LogP contribution is 2.42. The molecule has 0 amide bonds. The Hall–Kier alpha value is -3.07. The van der Waals surface area contributed by atoms with E-state index in [1.807, 2.05) is 4.90 Å². The summed E-state index contributed by atoms with van der Waals surface area (Å²) in [5.74, 6) is -5.19. The van der Waals surface area contributed by atoms with Crippen molar-refractivity contribution < 1.29 is 35.5 Å². The molecule has 1 saturated heterocycles. The standard InChI is InChI=1S/C22H23F5N6O3S/c1-31-19-13(17(30-31)12-9-14(22(25,26)27)16(24)18(34)15(12)23)10-28-20(29-19)32-7-8-33(37(2,35)36)21(11-32)5-3-4-6-21/h9-10,34H,3-8,11H2,1-2H3. The van der Waals surface area contributed by atoms with Crippen molar-refractivity contribution in [1.82, 2.24) is 24.1 Å². The molecule has 1 saturated carbocycles. The molecule has 0 unspecified atom stereocenters. The Labute approximate surface area is 208 Å². The number of benzene rings is 1. The number of rotatable bonds is 3. The van der Waals surface area contributed by atoms with E-state index < -0.39 is 50.2 Å². The highest BCUT2D eigenvalue weighted by atomic mass is 32.2. The summed E-state index contributed by atoms with van der Waals surface area (Å²) in [5, 5.41) is 13.9. The molecule has 1 aliphatic heterocycles. The van der Waals surface area contributed by atoms with Gasteiger partial charge < -0.3 is 10.0 Å². The molecule has 37 heavy (non-hydrogen) atoms. The monoisotopic (exact) mass is 546 g/mol. The first-order chi connectivity index (χ1) is 17.2. The smallest absolute Gasteiger partial charge is 0.419 e. The van der Waals surface area contributed by atoms with E-state index in [9.17, 15) is 35.5 Å². The Morgan fingerprint density at radius 3 is 2.41 bits per heavy atom. The molecule has 1 N–H and O–H groups in total. The number of fused-ring (bicyclic) bond motifs is 1. The molecule has 0 radical (unpaired) electrons. The van der Waals surface area contributed by atoms with Crippen LogP contribution < -0.4 is 4.90 Å². The highest BCUT2D eigenvalue weighted by molar-refractivity contribution is 7.88. The van der Waals surface area contributed by atoms with Crippen LogP contribution in [0.25, 0.3) is 22.3 Å². The zero-order chi connectivity index (χ0) is 26.9. The van der Waals surface area contributed by atoms with E-state index in [2.05, 4.69) is 15.1 Å². The predicted octanol–water partition coefficient (Wildman–Crippen LogP) is 3.43. The first-order valence-corrected chi connectivity index (χ1v) is 13.3. The SMILES string of the molecule is Cn1nc(-c2cc(C(F)(F)F)c(F)c(O)c2F)c2cnc(N3CCN(S(C)(=O)=O)C4(CCCC4)C3)nc21. The summed E-state index contributed by atoms with van der Waals surface area (Å²) in [5.41, 5.74) is -3.28. The minimum Gasteiger partial charge on any atom is -0.503 e. The van der Waals surface area contributed by atoms with Gasteiger partial charge in [-0.1, -0.05) is 12.8 Å². The van der Waals surface area contributed by atoms with E-state index in [1.54, 1.807) is 4.31 Å². The molecular weight excluding hydrogens is 523 g/mol. The average molecular weight is 547 g/mol. The van der Waals surface area contributed by atoms with Gasteiger partial charge in [0.25, 0.3) is 0 Å². The highest BCUT2D eigenvalue weighted by Gasteiger charge is 2.48. The van der Waals surface area contributed by atoms with E-state index in [0.717, 1.165) is 12.8 Å². The number of alkyl halides is 3. The maximum absolute atomic E-state index is 14.7. The van der Waals surface area contributed by atoms with E-state index in [0.29, 0.717) is 25.9 Å². The van der Waals surface area contributed by atoms with Crippen LogP contribution in [0, 0.1) is 11.6 Å². The van der Waals surface area contributed by atoms with Crippen molar-refractivity contribution in [3.8, 4) is 17.0 Å². The van der Waals surface area contributed by atoms with Crippen LogP contribution in [0.2, 0.25) is 0 Å². The molecule has 200 valence electrons. The quantitative estimate of drug-likeness (QED) is 0.502. The van der Waals surface area contributed by atoms with Crippen LogP contribution in [0.4, 0.5) is 27.9 Å². The molecule has 3 aromatic rings. The molecule has 9 nitrogen and oxygen atoms in total. The number of piperazine rings is 1. The van der Waals surface area contributed by atoms with Gasteiger partial charge in [0, 0.05) is 38.4 Å². The Bertz CT molecular complexity index is 1500. The molecule has 1 aromatic carbocycles. The van der Waals surface area contributed by atoms with Gasteiger partial charge in [0.05, 0.1) is 22.7 Å². The van der Waals surface area contributed by atoms with Crippen LogP contribution in [0.5, 0.6) is 5.75 Å². The fourth-order valence-corrected chi connectivity index (χ4v) is 6.83. The third-order valence-corrected chi connectivity index (χ3v) is 8.48. The molecule has 2 fully saturated rings. The van der Waals surface area contributed by atoms with Crippen molar-refractivity contribution in [2.45, 2.75) is 37.4 Å². The molecule has 1 aliphatic carbocycles. The fraction of sp³-hybridized carbons (Fsp3) is 0.500. The third-order valence-electron chi connectivity index (χ3n) is 7.11. The van der Waals surface area contributed by atoms with E-state index >= 15 is 0 Å². The lowest BCUT2D eigenvalue weighted by Crippen LogP contribution is -2.62. The summed E-state index contributed by atoms with van der Waals surface area (Å²) in [6, 6.07) is 0.258. The second-order valence-electron chi connectivity index (χ2n) is 9.51. The second-order valence-corrected chi connectivity index (χ2v) is 11.4. The number of anilines is 1. The van der Waals surface area contributed by atoms with Crippen molar-refractivity contribution >= 4 is 27.0 Å². The summed E-state index contributed by atoms with van der Waals surface area (Å²) < 4.78 is 96.2. The number of aromatic hydroxyl groups is 1. The third kappa shape index (κ3) is 4.17. The number of hydrogen-bond donors (Lipinski definition) is 1. The van der Waals surface area contributed by atoms with Gasteiger partial charge in [-0.25, -0.2) is 26.9 Å². The van der Waals surface area contributed by atoms with Crippen LogP contribution in [0.15, 0.2) is 12.3 Å². The van der Waals surface area contributed by atoms with Gasteiger partial charge in [-0.3, -0.25) is 0 Å². The van der Waals surface area contributed by atoms with Crippen molar-refractivity contribution in [1.29, 1.82) is 0 Å². The van der Waals surface area contributed by atoms with Crippen molar-refractivity contribution in [2.75, 3.05) is 30.8 Å². The number of hydrogen-bond acceptors (Lipinski definition) is 7. The molecule has 2 aliphatic rings. The summed E-state index contributed by atoms with van der Waals surface area (Å²) in [4.78, 5) is 10.7. The average Bonchev–Trinajstić information content (AvgIpc) is 3.40. The maximum Gasteiger partial charge on any atom is 0.419 e. The van der Waals surface area contributed by atoms with Gasteiger partial charge in [0.2, 0.25) is 16.0 Å².